The molecule has 4 atom stereocenters. The summed E-state index contributed by atoms with van der Waals surface area (Å²) >= 11 is 0. The number of carbonyl (C=O) groups is 4. The molecule has 2 aliphatic carbocycles. The molecule has 0 unspecified atom stereocenters. The Hall–Kier alpha value is -2.91. The van der Waals surface area contributed by atoms with Gasteiger partial charge in [-0.05, 0) is 49.3 Å². The summed E-state index contributed by atoms with van der Waals surface area (Å²) in [5.74, 6) is -2.05. The highest BCUT2D eigenvalue weighted by molar-refractivity contribution is 6.06. The van der Waals surface area contributed by atoms with Crippen LogP contribution in [0.1, 0.15) is 31.2 Å². The third-order valence-electron chi connectivity index (χ3n) is 6.40. The lowest BCUT2D eigenvalue weighted by Crippen LogP contribution is -2.35. The highest BCUT2D eigenvalue weighted by Gasteiger charge is 2.60. The second-order valence-electron chi connectivity index (χ2n) is 8.25. The molecule has 0 aromatic heterocycles. The Kier molecular flexibility index (Phi) is 5.49. The van der Waals surface area contributed by atoms with Gasteiger partial charge in [0.25, 0.3) is 5.91 Å². The zero-order valence-electron chi connectivity index (χ0n) is 16.5. The molecule has 31 heavy (non-hydrogen) atoms. The Bertz CT molecular complexity index is 904. The molecule has 0 radical (unpaired) electrons. The second kappa shape index (κ2) is 7.97. The topological polar surface area (TPSA) is 92.8 Å². The first-order chi connectivity index (χ1) is 14.6. The molecule has 1 heterocycles. The number of ether oxygens (including phenoxy) is 1. The van der Waals surface area contributed by atoms with Crippen molar-refractivity contribution in [3.63, 3.8) is 0 Å². The van der Waals surface area contributed by atoms with Gasteiger partial charge in [0.2, 0.25) is 11.8 Å². The number of benzene rings is 1. The van der Waals surface area contributed by atoms with E-state index in [0.29, 0.717) is 0 Å². The molecule has 2 bridgehead atoms. The maximum atomic E-state index is 12.7. The zero-order chi connectivity index (χ0) is 22.3. The number of anilines is 1. The van der Waals surface area contributed by atoms with Gasteiger partial charge in [-0.15, -0.1) is 0 Å². The summed E-state index contributed by atoms with van der Waals surface area (Å²) in [4.78, 5) is 50.1. The average Bonchev–Trinajstić information content (AvgIpc) is 3.39. The summed E-state index contributed by atoms with van der Waals surface area (Å²) in [7, 11) is 0. The number of rotatable bonds is 6. The van der Waals surface area contributed by atoms with Gasteiger partial charge < -0.3 is 10.1 Å². The van der Waals surface area contributed by atoms with E-state index in [-0.39, 0.29) is 54.1 Å². The number of likely N-dealkylation sites (tertiary alicyclic amines) is 1. The molecule has 7 nitrogen and oxygen atoms in total. The Morgan fingerprint density at radius 2 is 1.74 bits per heavy atom. The fourth-order valence-corrected chi connectivity index (χ4v) is 5.08. The molecule has 1 N–H and O–H groups in total. The van der Waals surface area contributed by atoms with Crippen molar-refractivity contribution >= 4 is 29.4 Å². The summed E-state index contributed by atoms with van der Waals surface area (Å²) in [6, 6.07) is 4.07. The minimum atomic E-state index is -4.55. The average molecular weight is 438 g/mol. The van der Waals surface area contributed by atoms with E-state index in [4.69, 9.17) is 4.74 Å². The first kappa shape index (κ1) is 21.3. The van der Waals surface area contributed by atoms with Crippen LogP contribution < -0.4 is 5.32 Å². The van der Waals surface area contributed by atoms with Crippen LogP contribution in [0.3, 0.4) is 0 Å². The largest absolute Gasteiger partial charge is 0.456 e. The van der Waals surface area contributed by atoms with Crippen molar-refractivity contribution in [2.75, 3.05) is 18.5 Å². The molecule has 3 aliphatic rings. The van der Waals surface area contributed by atoms with Crippen LogP contribution in [0.15, 0.2) is 24.3 Å². The SMILES string of the molecule is O=C(COC(=O)CCN1C(=O)[C@@H]2[C@H]3CC[C@@H](C3)[C@@H]2C1=O)Nc1cccc(C(F)(F)F)c1. The Labute approximate surface area is 175 Å². The Balaban J connectivity index is 1.23. The van der Waals surface area contributed by atoms with Gasteiger partial charge in [0, 0.05) is 12.2 Å². The second-order valence-corrected chi connectivity index (χ2v) is 8.25. The molecule has 3 amide bonds. The fourth-order valence-electron chi connectivity index (χ4n) is 5.08. The monoisotopic (exact) mass is 438 g/mol. The summed E-state index contributed by atoms with van der Waals surface area (Å²) in [6.07, 6.45) is -1.95. The summed E-state index contributed by atoms with van der Waals surface area (Å²) < 4.78 is 43.0. The highest BCUT2D eigenvalue weighted by Crippen LogP contribution is 2.56. The minimum absolute atomic E-state index is 0.0784. The summed E-state index contributed by atoms with van der Waals surface area (Å²) in [5.41, 5.74) is -0.995. The molecular formula is C21H21F3N2O5. The molecule has 166 valence electrons. The molecule has 1 aromatic rings. The molecule has 1 saturated heterocycles. The predicted octanol–water partition coefficient (Wildman–Crippen LogP) is 2.61. The number of fused-ring (bicyclic) bond motifs is 5. The molecule has 4 rings (SSSR count). The molecule has 0 spiro atoms. The van der Waals surface area contributed by atoms with Gasteiger partial charge in [0.05, 0.1) is 23.8 Å². The van der Waals surface area contributed by atoms with Crippen LogP contribution in [0.2, 0.25) is 0 Å². The van der Waals surface area contributed by atoms with Crippen LogP contribution in [0.5, 0.6) is 0 Å². The molecule has 10 heteroatoms. The smallest absolute Gasteiger partial charge is 0.416 e. The standard InChI is InChI=1S/C21H21F3N2O5/c22-21(23,24)13-2-1-3-14(9-13)25-15(27)10-31-16(28)6-7-26-19(29)17-11-4-5-12(8-11)18(17)20(26)30/h1-3,9,11-12,17-18H,4-8,10H2,(H,25,27)/t11-,12-,17-,18+/m0/s1. The van der Waals surface area contributed by atoms with Gasteiger partial charge in [-0.25, -0.2) is 0 Å². The van der Waals surface area contributed by atoms with E-state index >= 15 is 0 Å². The lowest BCUT2D eigenvalue weighted by Gasteiger charge is -2.19. The third-order valence-corrected chi connectivity index (χ3v) is 6.40. The van der Waals surface area contributed by atoms with E-state index in [0.717, 1.165) is 42.4 Å². The number of alkyl halides is 3. The van der Waals surface area contributed by atoms with Gasteiger partial charge in [-0.1, -0.05) is 6.07 Å². The lowest BCUT2D eigenvalue weighted by atomic mass is 9.81. The quantitative estimate of drug-likeness (QED) is 0.545. The van der Waals surface area contributed by atoms with Crippen molar-refractivity contribution in [1.29, 1.82) is 0 Å². The summed E-state index contributed by atoms with van der Waals surface area (Å²) in [6.45, 7) is -0.787. The number of nitrogens with zero attached hydrogens (tertiary/aromatic N) is 1. The van der Waals surface area contributed by atoms with Crippen molar-refractivity contribution in [1.82, 2.24) is 4.90 Å². The lowest BCUT2D eigenvalue weighted by molar-refractivity contribution is -0.149. The minimum Gasteiger partial charge on any atom is -0.456 e. The Morgan fingerprint density at radius 1 is 1.10 bits per heavy atom. The number of hydrogen-bond acceptors (Lipinski definition) is 5. The van der Waals surface area contributed by atoms with E-state index in [2.05, 4.69) is 5.32 Å². The van der Waals surface area contributed by atoms with Gasteiger partial charge >= 0.3 is 12.1 Å². The number of amides is 3. The molecule has 1 aromatic carbocycles. The summed E-state index contributed by atoms with van der Waals surface area (Å²) in [5, 5.41) is 2.23. The van der Waals surface area contributed by atoms with Crippen molar-refractivity contribution in [3.05, 3.63) is 29.8 Å². The molecule has 2 saturated carbocycles. The van der Waals surface area contributed by atoms with Crippen molar-refractivity contribution in [2.24, 2.45) is 23.7 Å². The van der Waals surface area contributed by atoms with Gasteiger partial charge in [0.1, 0.15) is 0 Å². The van der Waals surface area contributed by atoms with Crippen LogP contribution in [0.25, 0.3) is 0 Å². The van der Waals surface area contributed by atoms with E-state index < -0.39 is 30.2 Å². The van der Waals surface area contributed by atoms with E-state index in [1.54, 1.807) is 0 Å². The number of nitrogens with one attached hydrogen (secondary N) is 1. The van der Waals surface area contributed by atoms with Crippen LogP contribution >= 0.6 is 0 Å². The number of esters is 1. The zero-order valence-corrected chi connectivity index (χ0v) is 16.5. The number of hydrogen-bond donors (Lipinski definition) is 1. The highest BCUT2D eigenvalue weighted by atomic mass is 19.4. The van der Waals surface area contributed by atoms with Gasteiger partial charge in [0.15, 0.2) is 6.61 Å². The van der Waals surface area contributed by atoms with Crippen LogP contribution in [-0.2, 0) is 30.1 Å². The third kappa shape index (κ3) is 4.15. The normalized spacial score (nSPS) is 26.9. The van der Waals surface area contributed by atoms with Crippen LogP contribution in [-0.4, -0.2) is 41.7 Å². The fraction of sp³-hybridized carbons (Fsp3) is 0.524. The van der Waals surface area contributed by atoms with E-state index in [1.807, 2.05) is 0 Å². The first-order valence-electron chi connectivity index (χ1n) is 10.1. The number of carbonyl (C=O) groups excluding carboxylic acids is 4. The van der Waals surface area contributed by atoms with Crippen molar-refractivity contribution < 1.29 is 37.1 Å². The maximum Gasteiger partial charge on any atom is 0.416 e. The first-order valence-corrected chi connectivity index (χ1v) is 10.1. The van der Waals surface area contributed by atoms with E-state index in [1.165, 1.54) is 6.07 Å². The van der Waals surface area contributed by atoms with Crippen molar-refractivity contribution in [2.45, 2.75) is 31.9 Å². The van der Waals surface area contributed by atoms with Crippen molar-refractivity contribution in [3.8, 4) is 0 Å². The predicted molar refractivity (Wildman–Crippen MR) is 100 cm³/mol. The van der Waals surface area contributed by atoms with Crippen LogP contribution in [0.4, 0.5) is 18.9 Å². The Morgan fingerprint density at radius 3 is 2.35 bits per heavy atom. The maximum absolute atomic E-state index is 12.7. The van der Waals surface area contributed by atoms with Gasteiger partial charge in [-0.3, -0.25) is 24.1 Å². The van der Waals surface area contributed by atoms with Crippen LogP contribution in [0, 0.1) is 23.7 Å². The van der Waals surface area contributed by atoms with Gasteiger partial charge in [-0.2, -0.15) is 13.2 Å². The molecule has 3 fully saturated rings. The number of halogens is 3. The van der Waals surface area contributed by atoms with E-state index in [9.17, 15) is 32.3 Å². The number of imide groups is 1. The molecule has 1 aliphatic heterocycles. The molecular weight excluding hydrogens is 417 g/mol.